The Balaban J connectivity index is 2.04. The molecule has 1 saturated carbocycles. The van der Waals surface area contributed by atoms with Crippen molar-refractivity contribution in [1.29, 1.82) is 0 Å². The number of rotatable bonds is 4. The highest BCUT2D eigenvalue weighted by Gasteiger charge is 2.25. The highest BCUT2D eigenvalue weighted by Crippen LogP contribution is 2.32. The lowest BCUT2D eigenvalue weighted by Crippen LogP contribution is -2.28. The molecule has 2 atom stereocenters. The molecule has 1 aliphatic carbocycles. The van der Waals surface area contributed by atoms with Crippen molar-refractivity contribution in [2.24, 2.45) is 17.6 Å². The number of hydrogen-bond acceptors (Lipinski definition) is 2. The summed E-state index contributed by atoms with van der Waals surface area (Å²) in [5.74, 6) is 2.53. The number of hydrogen-bond donors (Lipinski definition) is 1. The molecule has 0 radical (unpaired) electrons. The molecular formula is C16H24BrNO. The first-order chi connectivity index (χ1) is 9.08. The van der Waals surface area contributed by atoms with Gasteiger partial charge >= 0.3 is 0 Å². The Hall–Kier alpha value is -0.540. The fourth-order valence-electron chi connectivity index (χ4n) is 3.13. The van der Waals surface area contributed by atoms with E-state index < -0.39 is 0 Å². The normalized spacial score (nSPS) is 27.3. The fourth-order valence-corrected chi connectivity index (χ4v) is 3.58. The highest BCUT2D eigenvalue weighted by atomic mass is 79.9. The Morgan fingerprint density at radius 1 is 1.21 bits per heavy atom. The fraction of sp³-hybridized carbons (Fsp3) is 0.625. The van der Waals surface area contributed by atoms with Gasteiger partial charge in [-0.15, -0.1) is 0 Å². The van der Waals surface area contributed by atoms with E-state index in [0.717, 1.165) is 28.5 Å². The van der Waals surface area contributed by atoms with Gasteiger partial charge in [-0.25, -0.2) is 0 Å². The maximum atomic E-state index is 6.18. The highest BCUT2D eigenvalue weighted by molar-refractivity contribution is 9.10. The van der Waals surface area contributed by atoms with Gasteiger partial charge in [0.15, 0.2) is 0 Å². The zero-order valence-electron chi connectivity index (χ0n) is 11.9. The molecule has 0 aromatic heterocycles. The summed E-state index contributed by atoms with van der Waals surface area (Å²) < 4.78 is 7.30. The summed E-state index contributed by atoms with van der Waals surface area (Å²) in [4.78, 5) is 0. The number of halogens is 1. The van der Waals surface area contributed by atoms with Crippen LogP contribution in [-0.2, 0) is 6.42 Å². The predicted octanol–water partition coefficient (Wildman–Crippen LogP) is 4.15. The Labute approximate surface area is 124 Å². The molecule has 0 aliphatic heterocycles. The summed E-state index contributed by atoms with van der Waals surface area (Å²) in [6, 6.07) is 6.24. The third-order valence-electron chi connectivity index (χ3n) is 3.87. The zero-order chi connectivity index (χ0) is 13.8. The molecule has 1 fully saturated rings. The van der Waals surface area contributed by atoms with E-state index in [1.54, 1.807) is 0 Å². The standard InChI is InChI=1S/C16H24BrNO/c1-11-7-12(2)9-15(8-11)19-14-3-4-16(17)13(10-14)5-6-18/h3-4,10-12,15H,5-9,18H2,1-2H3. The molecule has 2 unspecified atom stereocenters. The van der Waals surface area contributed by atoms with Crippen LogP contribution in [0.3, 0.4) is 0 Å². The van der Waals surface area contributed by atoms with E-state index in [1.165, 1.54) is 24.8 Å². The molecule has 1 aliphatic rings. The molecule has 2 rings (SSSR count). The first kappa shape index (κ1) is 14.9. The number of ether oxygens (including phenoxy) is 1. The van der Waals surface area contributed by atoms with Gasteiger partial charge in [-0.1, -0.05) is 29.8 Å². The lowest BCUT2D eigenvalue weighted by Gasteiger charge is -2.31. The Morgan fingerprint density at radius 2 is 1.89 bits per heavy atom. The van der Waals surface area contributed by atoms with Crippen LogP contribution in [0.5, 0.6) is 5.75 Å². The summed E-state index contributed by atoms with van der Waals surface area (Å²) >= 11 is 3.56. The smallest absolute Gasteiger partial charge is 0.120 e. The van der Waals surface area contributed by atoms with E-state index in [1.807, 2.05) is 6.07 Å². The lowest BCUT2D eigenvalue weighted by molar-refractivity contribution is 0.101. The molecule has 0 amide bonds. The Morgan fingerprint density at radius 3 is 2.53 bits per heavy atom. The second kappa shape index (κ2) is 6.76. The van der Waals surface area contributed by atoms with Crippen LogP contribution >= 0.6 is 15.9 Å². The SMILES string of the molecule is CC1CC(C)CC(Oc2ccc(Br)c(CCN)c2)C1. The van der Waals surface area contributed by atoms with Crippen molar-refractivity contribution < 1.29 is 4.74 Å². The number of benzene rings is 1. The zero-order valence-corrected chi connectivity index (χ0v) is 13.4. The third-order valence-corrected chi connectivity index (χ3v) is 4.64. The average Bonchev–Trinajstić information content (AvgIpc) is 2.32. The Bertz CT molecular complexity index is 411. The topological polar surface area (TPSA) is 35.2 Å². The average molecular weight is 326 g/mol. The molecule has 0 heterocycles. The van der Waals surface area contributed by atoms with Gasteiger partial charge in [-0.3, -0.25) is 0 Å². The molecule has 0 spiro atoms. The van der Waals surface area contributed by atoms with Crippen molar-refractivity contribution in [3.63, 3.8) is 0 Å². The van der Waals surface area contributed by atoms with Crippen LogP contribution in [0.25, 0.3) is 0 Å². The van der Waals surface area contributed by atoms with Gasteiger partial charge in [-0.2, -0.15) is 0 Å². The van der Waals surface area contributed by atoms with Crippen LogP contribution in [0.15, 0.2) is 22.7 Å². The number of nitrogens with two attached hydrogens (primary N) is 1. The van der Waals surface area contributed by atoms with E-state index in [-0.39, 0.29) is 0 Å². The van der Waals surface area contributed by atoms with Gasteiger partial charge in [0.1, 0.15) is 5.75 Å². The van der Waals surface area contributed by atoms with Crippen molar-refractivity contribution in [2.45, 2.75) is 45.6 Å². The molecule has 106 valence electrons. The second-order valence-corrected chi connectivity index (χ2v) is 6.80. The van der Waals surface area contributed by atoms with E-state index >= 15 is 0 Å². The summed E-state index contributed by atoms with van der Waals surface area (Å²) in [5, 5.41) is 0. The lowest BCUT2D eigenvalue weighted by atomic mass is 9.82. The minimum Gasteiger partial charge on any atom is -0.490 e. The molecule has 1 aromatic carbocycles. The largest absolute Gasteiger partial charge is 0.490 e. The van der Waals surface area contributed by atoms with Gasteiger partial charge in [0.2, 0.25) is 0 Å². The van der Waals surface area contributed by atoms with Crippen LogP contribution in [-0.4, -0.2) is 12.6 Å². The van der Waals surface area contributed by atoms with Gasteiger partial charge in [0, 0.05) is 4.47 Å². The van der Waals surface area contributed by atoms with Gasteiger partial charge in [0.25, 0.3) is 0 Å². The minimum atomic E-state index is 0.366. The predicted molar refractivity (Wildman–Crippen MR) is 83.5 cm³/mol. The van der Waals surface area contributed by atoms with Crippen molar-refractivity contribution in [3.05, 3.63) is 28.2 Å². The minimum absolute atomic E-state index is 0.366. The van der Waals surface area contributed by atoms with E-state index in [9.17, 15) is 0 Å². The molecule has 0 saturated heterocycles. The van der Waals surface area contributed by atoms with Crippen molar-refractivity contribution in [1.82, 2.24) is 0 Å². The summed E-state index contributed by atoms with van der Waals surface area (Å²) in [5.41, 5.74) is 6.87. The van der Waals surface area contributed by atoms with Gasteiger partial charge < -0.3 is 10.5 Å². The van der Waals surface area contributed by atoms with Crippen LogP contribution in [0.1, 0.15) is 38.7 Å². The van der Waals surface area contributed by atoms with Crippen molar-refractivity contribution in [2.75, 3.05) is 6.54 Å². The Kier molecular flexibility index (Phi) is 5.28. The van der Waals surface area contributed by atoms with Crippen molar-refractivity contribution >= 4 is 15.9 Å². The van der Waals surface area contributed by atoms with Crippen LogP contribution in [0.2, 0.25) is 0 Å². The molecule has 2 N–H and O–H groups in total. The monoisotopic (exact) mass is 325 g/mol. The van der Waals surface area contributed by atoms with Crippen LogP contribution in [0.4, 0.5) is 0 Å². The first-order valence-corrected chi connectivity index (χ1v) is 8.03. The molecular weight excluding hydrogens is 302 g/mol. The van der Waals surface area contributed by atoms with Crippen LogP contribution < -0.4 is 10.5 Å². The molecule has 0 bridgehead atoms. The van der Waals surface area contributed by atoms with E-state index in [0.29, 0.717) is 12.6 Å². The maximum absolute atomic E-state index is 6.18. The summed E-state index contributed by atoms with van der Waals surface area (Å²) in [6.45, 7) is 5.32. The summed E-state index contributed by atoms with van der Waals surface area (Å²) in [6.07, 6.45) is 4.93. The van der Waals surface area contributed by atoms with Crippen LogP contribution in [0, 0.1) is 11.8 Å². The van der Waals surface area contributed by atoms with Gasteiger partial charge in [-0.05, 0) is 67.8 Å². The molecule has 19 heavy (non-hydrogen) atoms. The van der Waals surface area contributed by atoms with Gasteiger partial charge in [0.05, 0.1) is 6.10 Å². The summed E-state index contributed by atoms with van der Waals surface area (Å²) in [7, 11) is 0. The maximum Gasteiger partial charge on any atom is 0.120 e. The van der Waals surface area contributed by atoms with Crippen molar-refractivity contribution in [3.8, 4) is 5.75 Å². The second-order valence-electron chi connectivity index (χ2n) is 5.95. The quantitative estimate of drug-likeness (QED) is 0.902. The van der Waals surface area contributed by atoms with E-state index in [2.05, 4.69) is 41.9 Å². The molecule has 3 heteroatoms. The molecule has 2 nitrogen and oxygen atoms in total. The third kappa shape index (κ3) is 4.22. The first-order valence-electron chi connectivity index (χ1n) is 7.23. The molecule has 1 aromatic rings. The van der Waals surface area contributed by atoms with E-state index in [4.69, 9.17) is 10.5 Å².